The Kier molecular flexibility index (Phi) is 5.17. The third kappa shape index (κ3) is 4.19. The van der Waals surface area contributed by atoms with Crippen LogP contribution in [0.3, 0.4) is 0 Å². The van der Waals surface area contributed by atoms with E-state index in [9.17, 15) is 9.18 Å². The monoisotopic (exact) mass is 351 g/mol. The van der Waals surface area contributed by atoms with Gasteiger partial charge in [0.25, 0.3) is 5.91 Å². The second-order valence-electron chi connectivity index (χ2n) is 5.72. The third-order valence-electron chi connectivity index (χ3n) is 3.82. The molecule has 0 aromatic heterocycles. The average Bonchev–Trinajstić information content (AvgIpc) is 2.63. The molecule has 0 aliphatic rings. The van der Waals surface area contributed by atoms with E-state index in [1.807, 2.05) is 18.2 Å². The van der Waals surface area contributed by atoms with Gasteiger partial charge in [-0.15, -0.1) is 0 Å². The summed E-state index contributed by atoms with van der Waals surface area (Å²) in [6.07, 6.45) is 0. The van der Waals surface area contributed by atoms with Gasteiger partial charge in [0.15, 0.2) is 0 Å². The number of hydrogen-bond donors (Lipinski definition) is 1. The molecule has 1 amide bonds. The van der Waals surface area contributed by atoms with Crippen molar-refractivity contribution >= 4 is 11.6 Å². The highest BCUT2D eigenvalue weighted by Crippen LogP contribution is 2.26. The van der Waals surface area contributed by atoms with Crippen LogP contribution < -0.4 is 14.8 Å². The Morgan fingerprint density at radius 1 is 0.923 bits per heavy atom. The Bertz CT molecular complexity index is 923. The molecule has 0 saturated carbocycles. The summed E-state index contributed by atoms with van der Waals surface area (Å²) in [5.41, 5.74) is 1.64. The molecule has 0 aliphatic carbocycles. The first-order valence-corrected chi connectivity index (χ1v) is 8.04. The van der Waals surface area contributed by atoms with Crippen LogP contribution in [0.25, 0.3) is 0 Å². The summed E-state index contributed by atoms with van der Waals surface area (Å²) in [5, 5.41) is 2.79. The van der Waals surface area contributed by atoms with Crippen molar-refractivity contribution in [3.05, 3.63) is 83.7 Å². The Labute approximate surface area is 151 Å². The van der Waals surface area contributed by atoms with Crippen molar-refractivity contribution in [3.8, 4) is 17.2 Å². The lowest BCUT2D eigenvalue weighted by Crippen LogP contribution is -2.13. The minimum Gasteiger partial charge on any atom is -0.497 e. The molecule has 0 spiro atoms. The first-order valence-electron chi connectivity index (χ1n) is 8.04. The minimum atomic E-state index is -0.363. The lowest BCUT2D eigenvalue weighted by atomic mass is 10.1. The summed E-state index contributed by atoms with van der Waals surface area (Å²) >= 11 is 0. The van der Waals surface area contributed by atoms with E-state index >= 15 is 0 Å². The summed E-state index contributed by atoms with van der Waals surface area (Å²) < 4.78 is 24.1. The topological polar surface area (TPSA) is 47.6 Å². The Morgan fingerprint density at radius 3 is 2.35 bits per heavy atom. The van der Waals surface area contributed by atoms with E-state index < -0.39 is 0 Å². The van der Waals surface area contributed by atoms with Gasteiger partial charge in [0.1, 0.15) is 23.1 Å². The van der Waals surface area contributed by atoms with Crippen molar-refractivity contribution in [2.45, 2.75) is 6.92 Å². The van der Waals surface area contributed by atoms with Crippen molar-refractivity contribution in [3.63, 3.8) is 0 Å². The fourth-order valence-corrected chi connectivity index (χ4v) is 2.49. The zero-order chi connectivity index (χ0) is 18.5. The van der Waals surface area contributed by atoms with Crippen molar-refractivity contribution in [2.24, 2.45) is 0 Å². The van der Waals surface area contributed by atoms with E-state index in [0.717, 1.165) is 0 Å². The second-order valence-corrected chi connectivity index (χ2v) is 5.72. The van der Waals surface area contributed by atoms with Crippen molar-refractivity contribution < 1.29 is 18.7 Å². The average molecular weight is 351 g/mol. The number of halogens is 1. The van der Waals surface area contributed by atoms with E-state index in [1.165, 1.54) is 18.2 Å². The van der Waals surface area contributed by atoms with Crippen LogP contribution in [-0.4, -0.2) is 13.0 Å². The number of anilines is 1. The number of benzene rings is 3. The van der Waals surface area contributed by atoms with Gasteiger partial charge in [0, 0.05) is 17.3 Å². The van der Waals surface area contributed by atoms with E-state index in [2.05, 4.69) is 5.32 Å². The highest BCUT2D eigenvalue weighted by atomic mass is 19.1. The molecule has 132 valence electrons. The van der Waals surface area contributed by atoms with Gasteiger partial charge < -0.3 is 14.8 Å². The summed E-state index contributed by atoms with van der Waals surface area (Å²) in [4.78, 5) is 12.3. The molecular weight excluding hydrogens is 333 g/mol. The zero-order valence-electron chi connectivity index (χ0n) is 14.5. The molecule has 1 N–H and O–H groups in total. The predicted molar refractivity (Wildman–Crippen MR) is 98.6 cm³/mol. The number of aryl methyl sites for hydroxylation is 1. The molecule has 0 heterocycles. The number of carbonyl (C=O) groups excluding carboxylic acids is 1. The second kappa shape index (κ2) is 7.70. The first kappa shape index (κ1) is 17.5. The van der Waals surface area contributed by atoms with Crippen molar-refractivity contribution in [1.29, 1.82) is 0 Å². The van der Waals surface area contributed by atoms with Gasteiger partial charge in [-0.1, -0.05) is 6.07 Å². The van der Waals surface area contributed by atoms with Gasteiger partial charge in [-0.2, -0.15) is 0 Å². The molecular formula is C21H18FNO3. The highest BCUT2D eigenvalue weighted by molar-refractivity contribution is 6.05. The molecule has 0 fully saturated rings. The molecule has 0 atom stereocenters. The maximum atomic E-state index is 13.2. The smallest absolute Gasteiger partial charge is 0.255 e. The molecule has 4 nitrogen and oxygen atoms in total. The minimum absolute atomic E-state index is 0.288. The summed E-state index contributed by atoms with van der Waals surface area (Å²) in [5.74, 6) is 1.35. The van der Waals surface area contributed by atoms with Gasteiger partial charge in [0.2, 0.25) is 0 Å². The first-order chi connectivity index (χ1) is 12.5. The largest absolute Gasteiger partial charge is 0.497 e. The molecule has 26 heavy (non-hydrogen) atoms. The number of nitrogens with one attached hydrogen (secondary N) is 1. The molecule has 3 aromatic rings. The highest BCUT2D eigenvalue weighted by Gasteiger charge is 2.10. The number of hydrogen-bond acceptors (Lipinski definition) is 3. The van der Waals surface area contributed by atoms with E-state index in [-0.39, 0.29) is 11.7 Å². The van der Waals surface area contributed by atoms with E-state index in [4.69, 9.17) is 9.47 Å². The lowest BCUT2D eigenvalue weighted by molar-refractivity contribution is 0.102. The maximum Gasteiger partial charge on any atom is 0.255 e. The number of amides is 1. The van der Waals surface area contributed by atoms with Crippen molar-refractivity contribution in [1.82, 2.24) is 0 Å². The Morgan fingerprint density at radius 2 is 1.65 bits per heavy atom. The summed E-state index contributed by atoms with van der Waals surface area (Å²) in [6.45, 7) is 1.70. The van der Waals surface area contributed by atoms with Crippen LogP contribution in [0.2, 0.25) is 0 Å². The number of rotatable bonds is 5. The predicted octanol–water partition coefficient (Wildman–Crippen LogP) is 5.19. The SMILES string of the molecule is COc1cccc(Oc2ccc(NC(=O)c3ccc(F)cc3C)cc2)c1. The normalized spacial score (nSPS) is 10.3. The molecule has 0 saturated heterocycles. The fraction of sp³-hybridized carbons (Fsp3) is 0.0952. The third-order valence-corrected chi connectivity index (χ3v) is 3.82. The van der Waals surface area contributed by atoms with Crippen LogP contribution in [0.15, 0.2) is 66.7 Å². The van der Waals surface area contributed by atoms with Crippen LogP contribution in [0, 0.1) is 12.7 Å². The van der Waals surface area contributed by atoms with Crippen LogP contribution >= 0.6 is 0 Å². The van der Waals surface area contributed by atoms with Crippen LogP contribution in [0.1, 0.15) is 15.9 Å². The molecule has 3 aromatic carbocycles. The molecule has 0 radical (unpaired) electrons. The summed E-state index contributed by atoms with van der Waals surface area (Å²) in [7, 11) is 1.60. The van der Waals surface area contributed by atoms with Gasteiger partial charge >= 0.3 is 0 Å². The molecule has 0 aliphatic heterocycles. The van der Waals surface area contributed by atoms with Gasteiger partial charge in [-0.3, -0.25) is 4.79 Å². The van der Waals surface area contributed by atoms with Crippen LogP contribution in [0.4, 0.5) is 10.1 Å². The van der Waals surface area contributed by atoms with Crippen LogP contribution in [-0.2, 0) is 0 Å². The molecule has 0 bridgehead atoms. The number of ether oxygens (including phenoxy) is 2. The maximum absolute atomic E-state index is 13.2. The summed E-state index contributed by atoms with van der Waals surface area (Å²) in [6, 6.07) is 18.4. The fourth-order valence-electron chi connectivity index (χ4n) is 2.49. The zero-order valence-corrected chi connectivity index (χ0v) is 14.5. The van der Waals surface area contributed by atoms with Crippen LogP contribution in [0.5, 0.6) is 17.2 Å². The van der Waals surface area contributed by atoms with E-state index in [0.29, 0.717) is 34.1 Å². The molecule has 0 unspecified atom stereocenters. The van der Waals surface area contributed by atoms with Gasteiger partial charge in [-0.05, 0) is 67.1 Å². The van der Waals surface area contributed by atoms with Gasteiger partial charge in [0.05, 0.1) is 7.11 Å². The molecule has 5 heteroatoms. The van der Waals surface area contributed by atoms with E-state index in [1.54, 1.807) is 44.4 Å². The number of methoxy groups -OCH3 is 1. The van der Waals surface area contributed by atoms with Crippen molar-refractivity contribution in [2.75, 3.05) is 12.4 Å². The Balaban J connectivity index is 1.68. The standard InChI is InChI=1S/C21H18FNO3/c1-14-12-15(22)6-11-20(14)21(24)23-16-7-9-17(10-8-16)26-19-5-3-4-18(13-19)25-2/h3-13H,1-2H3,(H,23,24). The lowest BCUT2D eigenvalue weighted by Gasteiger charge is -2.10. The Hall–Kier alpha value is -3.34. The van der Waals surface area contributed by atoms with Gasteiger partial charge in [-0.25, -0.2) is 4.39 Å². The quantitative estimate of drug-likeness (QED) is 0.688. The molecule has 3 rings (SSSR count). The number of carbonyl (C=O) groups is 1.